The van der Waals surface area contributed by atoms with Gasteiger partial charge in [0, 0.05) is 13.6 Å². The Hall–Kier alpha value is -3.69. The highest BCUT2D eigenvalue weighted by molar-refractivity contribution is 5.88. The van der Waals surface area contributed by atoms with Crippen molar-refractivity contribution in [3.63, 3.8) is 0 Å². The van der Waals surface area contributed by atoms with Crippen LogP contribution in [0.25, 0.3) is 6.08 Å². The van der Waals surface area contributed by atoms with Crippen molar-refractivity contribution in [2.45, 2.75) is 64.4 Å². The van der Waals surface area contributed by atoms with Gasteiger partial charge in [-0.05, 0) is 51.2 Å². The number of likely N-dealkylation sites (N-methyl/N-ethyl adjacent to an activating group) is 1. The molecule has 0 bridgehead atoms. The van der Waals surface area contributed by atoms with E-state index >= 15 is 0 Å². The number of alkyl carbamates (subject to hydrolysis) is 1. The summed E-state index contributed by atoms with van der Waals surface area (Å²) in [6.45, 7) is 5.86. The van der Waals surface area contributed by atoms with Crippen LogP contribution in [-0.2, 0) is 25.7 Å². The lowest BCUT2D eigenvalue weighted by molar-refractivity contribution is -0.134. The van der Waals surface area contributed by atoms with E-state index in [2.05, 4.69) is 16.0 Å². The van der Waals surface area contributed by atoms with Gasteiger partial charge in [0.25, 0.3) is 0 Å². The molecule has 0 aromatic heterocycles. The summed E-state index contributed by atoms with van der Waals surface area (Å²) in [6, 6.07) is 18.4. The zero-order valence-corrected chi connectivity index (χ0v) is 23.9. The number of carbonyl (C=O) groups excluding carboxylic acids is 3. The zero-order chi connectivity index (χ0) is 29.4. The van der Waals surface area contributed by atoms with Crippen molar-refractivity contribution >= 4 is 24.0 Å². The van der Waals surface area contributed by atoms with Crippen LogP contribution in [0.3, 0.4) is 0 Å². The highest BCUT2D eigenvalue weighted by Gasteiger charge is 2.29. The van der Waals surface area contributed by atoms with E-state index in [1.165, 1.54) is 7.05 Å². The molecule has 0 saturated carbocycles. The Morgan fingerprint density at radius 3 is 2.25 bits per heavy atom. The molecule has 4 N–H and O–H groups in total. The second-order valence-electron chi connectivity index (χ2n) is 10.5. The van der Waals surface area contributed by atoms with Gasteiger partial charge < -0.3 is 30.5 Å². The third-order valence-corrected chi connectivity index (χ3v) is 5.92. The van der Waals surface area contributed by atoms with Crippen LogP contribution < -0.4 is 16.0 Å². The van der Waals surface area contributed by atoms with Gasteiger partial charge in [0.1, 0.15) is 11.6 Å². The van der Waals surface area contributed by atoms with Crippen molar-refractivity contribution in [1.82, 2.24) is 16.0 Å². The summed E-state index contributed by atoms with van der Waals surface area (Å²) in [7, 11) is 1.49. The molecule has 0 aliphatic carbocycles. The van der Waals surface area contributed by atoms with Gasteiger partial charge in [0.05, 0.1) is 25.2 Å². The van der Waals surface area contributed by atoms with Gasteiger partial charge in [-0.1, -0.05) is 72.8 Å². The number of benzene rings is 2. The normalized spacial score (nSPS) is 13.7. The standard InChI is InChI=1S/C31H43N3O6/c1-31(2,3)40-30(38)33-20-12-19-26(29(37)32-4)34-28(36)25(18-11-17-23-13-7-5-8-14-23)27(35)22-39-21-24-15-9-6-10-16-24/h5-11,13-17,25-27,35H,12,18-22H2,1-4H3,(H,32,37)(H,33,38)(H,34,36)/b17-11+/t25-,26+,27-/m1/s1. The predicted octanol–water partition coefficient (Wildman–Crippen LogP) is 3.82. The van der Waals surface area contributed by atoms with Crippen molar-refractivity contribution in [2.24, 2.45) is 5.92 Å². The minimum absolute atomic E-state index is 0.0450. The monoisotopic (exact) mass is 553 g/mol. The van der Waals surface area contributed by atoms with Crippen molar-refractivity contribution in [2.75, 3.05) is 20.2 Å². The van der Waals surface area contributed by atoms with Crippen molar-refractivity contribution in [1.29, 1.82) is 0 Å². The maximum Gasteiger partial charge on any atom is 0.407 e. The summed E-state index contributed by atoms with van der Waals surface area (Å²) in [5.74, 6) is -1.66. The van der Waals surface area contributed by atoms with Crippen LogP contribution in [0.15, 0.2) is 66.7 Å². The topological polar surface area (TPSA) is 126 Å². The molecule has 9 heteroatoms. The molecule has 0 unspecified atom stereocenters. The van der Waals surface area contributed by atoms with Gasteiger partial charge in [-0.3, -0.25) is 9.59 Å². The average Bonchev–Trinajstić information content (AvgIpc) is 2.92. The Bertz CT molecular complexity index is 1070. The average molecular weight is 554 g/mol. The minimum Gasteiger partial charge on any atom is -0.444 e. The van der Waals surface area contributed by atoms with E-state index < -0.39 is 35.7 Å². The molecule has 2 rings (SSSR count). The first-order valence-corrected chi connectivity index (χ1v) is 13.6. The first kappa shape index (κ1) is 32.5. The molecular formula is C31H43N3O6. The van der Waals surface area contributed by atoms with E-state index in [9.17, 15) is 19.5 Å². The smallest absolute Gasteiger partial charge is 0.407 e. The number of allylic oxidation sites excluding steroid dienone is 1. The highest BCUT2D eigenvalue weighted by Crippen LogP contribution is 2.15. The summed E-state index contributed by atoms with van der Waals surface area (Å²) >= 11 is 0. The molecule has 0 spiro atoms. The van der Waals surface area contributed by atoms with E-state index in [1.807, 2.05) is 72.8 Å². The van der Waals surface area contributed by atoms with Crippen LogP contribution in [0.5, 0.6) is 0 Å². The molecule has 0 aliphatic heterocycles. The second kappa shape index (κ2) is 17.1. The number of ether oxygens (including phenoxy) is 2. The van der Waals surface area contributed by atoms with Gasteiger partial charge in [0.15, 0.2) is 0 Å². The molecule has 0 fully saturated rings. The Balaban J connectivity index is 2.02. The number of nitrogens with one attached hydrogen (secondary N) is 3. The largest absolute Gasteiger partial charge is 0.444 e. The van der Waals surface area contributed by atoms with E-state index in [0.717, 1.165) is 11.1 Å². The SMILES string of the molecule is CNC(=O)[C@H](CCCNC(=O)OC(C)(C)C)NC(=O)[C@H](C/C=C/c1ccccc1)[C@H](O)COCc1ccccc1. The summed E-state index contributed by atoms with van der Waals surface area (Å²) in [6.07, 6.45) is 3.04. The summed E-state index contributed by atoms with van der Waals surface area (Å²) < 4.78 is 10.9. The summed E-state index contributed by atoms with van der Waals surface area (Å²) in [5.41, 5.74) is 1.31. The second-order valence-corrected chi connectivity index (χ2v) is 10.5. The maximum absolute atomic E-state index is 13.4. The van der Waals surface area contributed by atoms with E-state index in [4.69, 9.17) is 9.47 Å². The first-order chi connectivity index (χ1) is 19.1. The molecule has 0 aliphatic rings. The summed E-state index contributed by atoms with van der Waals surface area (Å²) in [4.78, 5) is 37.8. The Morgan fingerprint density at radius 2 is 1.62 bits per heavy atom. The Labute approximate surface area is 237 Å². The van der Waals surface area contributed by atoms with Crippen molar-refractivity contribution in [3.05, 3.63) is 77.9 Å². The van der Waals surface area contributed by atoms with Crippen molar-refractivity contribution in [3.8, 4) is 0 Å². The molecule has 218 valence electrons. The predicted molar refractivity (Wildman–Crippen MR) is 155 cm³/mol. The fourth-order valence-electron chi connectivity index (χ4n) is 3.87. The zero-order valence-electron chi connectivity index (χ0n) is 23.9. The van der Waals surface area contributed by atoms with Crippen molar-refractivity contribution < 1.29 is 29.0 Å². The van der Waals surface area contributed by atoms with E-state index in [1.54, 1.807) is 20.8 Å². The molecule has 40 heavy (non-hydrogen) atoms. The van der Waals surface area contributed by atoms with Gasteiger partial charge >= 0.3 is 6.09 Å². The number of rotatable bonds is 15. The number of carbonyl (C=O) groups is 3. The highest BCUT2D eigenvalue weighted by atomic mass is 16.6. The van der Waals surface area contributed by atoms with Crippen LogP contribution >= 0.6 is 0 Å². The molecular weight excluding hydrogens is 510 g/mol. The minimum atomic E-state index is -1.09. The third kappa shape index (κ3) is 12.9. The molecule has 0 radical (unpaired) electrons. The van der Waals surface area contributed by atoms with Gasteiger partial charge in [-0.2, -0.15) is 0 Å². The number of hydrogen-bond acceptors (Lipinski definition) is 6. The van der Waals surface area contributed by atoms with E-state index in [0.29, 0.717) is 13.0 Å². The fraction of sp³-hybridized carbons (Fsp3) is 0.452. The van der Waals surface area contributed by atoms with Crippen LogP contribution in [0, 0.1) is 5.92 Å². The quantitative estimate of drug-likeness (QED) is 0.249. The fourth-order valence-corrected chi connectivity index (χ4v) is 3.87. The van der Waals surface area contributed by atoms with Crippen LogP contribution in [0.2, 0.25) is 0 Å². The molecule has 3 atom stereocenters. The lowest BCUT2D eigenvalue weighted by atomic mass is 9.96. The molecule has 0 saturated heterocycles. The summed E-state index contributed by atoms with van der Waals surface area (Å²) in [5, 5.41) is 19.0. The lowest BCUT2D eigenvalue weighted by Crippen LogP contribution is -2.50. The van der Waals surface area contributed by atoms with Crippen LogP contribution in [0.4, 0.5) is 4.79 Å². The molecule has 2 aromatic carbocycles. The van der Waals surface area contributed by atoms with Gasteiger partial charge in [-0.15, -0.1) is 0 Å². The number of aliphatic hydroxyl groups excluding tert-OH is 1. The molecule has 0 heterocycles. The van der Waals surface area contributed by atoms with Gasteiger partial charge in [0.2, 0.25) is 11.8 Å². The number of amides is 3. The van der Waals surface area contributed by atoms with Crippen LogP contribution in [0.1, 0.15) is 51.2 Å². The molecule has 3 amide bonds. The molecule has 2 aromatic rings. The Morgan fingerprint density at radius 1 is 0.975 bits per heavy atom. The van der Waals surface area contributed by atoms with E-state index in [-0.39, 0.29) is 31.9 Å². The van der Waals surface area contributed by atoms with Crippen LogP contribution in [-0.4, -0.2) is 61.0 Å². The first-order valence-electron chi connectivity index (χ1n) is 13.6. The van der Waals surface area contributed by atoms with Gasteiger partial charge in [-0.25, -0.2) is 4.79 Å². The maximum atomic E-state index is 13.4. The number of hydrogen-bond donors (Lipinski definition) is 4. The molecule has 9 nitrogen and oxygen atoms in total. The number of aliphatic hydroxyl groups is 1. The Kier molecular flexibility index (Phi) is 13.9. The third-order valence-electron chi connectivity index (χ3n) is 5.92. The lowest BCUT2D eigenvalue weighted by Gasteiger charge is -2.25.